The topological polar surface area (TPSA) is 107 Å². The summed E-state index contributed by atoms with van der Waals surface area (Å²) in [5.74, 6) is 0.361. The number of aromatic nitrogens is 3. The SMILES string of the molecule is Cc1ccccc1NC(=O)c1cc(-c2ccco2)nc2c1c(C)nn2C1CCS(=O)(=O)C1. The van der Waals surface area contributed by atoms with E-state index in [9.17, 15) is 13.2 Å². The quantitative estimate of drug-likeness (QED) is 0.505. The molecule has 3 aromatic heterocycles. The van der Waals surface area contributed by atoms with E-state index in [1.807, 2.05) is 31.2 Å². The normalized spacial score (nSPS) is 17.6. The first kappa shape index (κ1) is 20.4. The van der Waals surface area contributed by atoms with Gasteiger partial charge in [0.25, 0.3) is 5.91 Å². The molecule has 1 atom stereocenters. The Morgan fingerprint density at radius 3 is 2.69 bits per heavy atom. The van der Waals surface area contributed by atoms with Gasteiger partial charge in [0.05, 0.1) is 40.5 Å². The van der Waals surface area contributed by atoms with Crippen molar-refractivity contribution in [1.29, 1.82) is 0 Å². The lowest BCUT2D eigenvalue weighted by Crippen LogP contribution is -2.15. The van der Waals surface area contributed by atoms with E-state index in [0.717, 1.165) is 5.56 Å². The van der Waals surface area contributed by atoms with E-state index in [-0.39, 0.29) is 23.5 Å². The average molecular weight is 451 g/mol. The van der Waals surface area contributed by atoms with Gasteiger partial charge in [-0.2, -0.15) is 5.10 Å². The summed E-state index contributed by atoms with van der Waals surface area (Å²) in [6.07, 6.45) is 2.01. The van der Waals surface area contributed by atoms with E-state index < -0.39 is 9.84 Å². The predicted molar refractivity (Wildman–Crippen MR) is 121 cm³/mol. The van der Waals surface area contributed by atoms with Gasteiger partial charge in [-0.1, -0.05) is 18.2 Å². The molecule has 1 N–H and O–H groups in total. The summed E-state index contributed by atoms with van der Waals surface area (Å²) in [5, 5.41) is 8.19. The van der Waals surface area contributed by atoms with E-state index in [0.29, 0.717) is 45.9 Å². The highest BCUT2D eigenvalue weighted by molar-refractivity contribution is 7.91. The molecule has 1 fully saturated rings. The molecule has 0 bridgehead atoms. The average Bonchev–Trinajstić information content (AvgIpc) is 3.48. The second-order valence-corrected chi connectivity index (χ2v) is 10.3. The van der Waals surface area contributed by atoms with E-state index >= 15 is 0 Å². The van der Waals surface area contributed by atoms with Gasteiger partial charge in [-0.25, -0.2) is 18.1 Å². The Bertz CT molecular complexity index is 1440. The van der Waals surface area contributed by atoms with Crippen LogP contribution in [-0.2, 0) is 9.84 Å². The largest absolute Gasteiger partial charge is 0.463 e. The fourth-order valence-electron chi connectivity index (χ4n) is 4.17. The van der Waals surface area contributed by atoms with Crippen molar-refractivity contribution in [3.05, 3.63) is 65.5 Å². The first-order chi connectivity index (χ1) is 15.3. The fraction of sp³-hybridized carbons (Fsp3) is 0.261. The van der Waals surface area contributed by atoms with Crippen LogP contribution in [0.25, 0.3) is 22.5 Å². The molecular formula is C23H22N4O4S. The Morgan fingerprint density at radius 2 is 2.00 bits per heavy atom. The zero-order valence-corrected chi connectivity index (χ0v) is 18.5. The van der Waals surface area contributed by atoms with Crippen molar-refractivity contribution in [2.75, 3.05) is 16.8 Å². The van der Waals surface area contributed by atoms with Crippen molar-refractivity contribution < 1.29 is 17.6 Å². The standard InChI is InChI=1S/C23H22N4O4S/c1-14-6-3-4-7-18(14)25-23(28)17-12-19(20-8-5-10-31-20)24-22-21(17)15(2)26-27(22)16-9-11-32(29,30)13-16/h3-8,10,12,16H,9,11,13H2,1-2H3,(H,25,28). The molecule has 8 nitrogen and oxygen atoms in total. The number of hydrogen-bond acceptors (Lipinski definition) is 6. The smallest absolute Gasteiger partial charge is 0.256 e. The Kier molecular flexibility index (Phi) is 4.85. The zero-order chi connectivity index (χ0) is 22.5. The van der Waals surface area contributed by atoms with Crippen LogP contribution < -0.4 is 5.32 Å². The number of nitrogens with one attached hydrogen (secondary N) is 1. The molecule has 0 spiro atoms. The van der Waals surface area contributed by atoms with Crippen molar-refractivity contribution in [3.63, 3.8) is 0 Å². The lowest BCUT2D eigenvalue weighted by molar-refractivity contribution is 0.102. The summed E-state index contributed by atoms with van der Waals surface area (Å²) in [6.45, 7) is 3.73. The number of furan rings is 1. The summed E-state index contributed by atoms with van der Waals surface area (Å²) in [7, 11) is -3.11. The summed E-state index contributed by atoms with van der Waals surface area (Å²) in [6, 6.07) is 12.4. The van der Waals surface area contributed by atoms with E-state index in [1.54, 1.807) is 36.1 Å². The number of pyridine rings is 1. The Morgan fingerprint density at radius 1 is 1.19 bits per heavy atom. The van der Waals surface area contributed by atoms with Crippen molar-refractivity contribution >= 4 is 32.5 Å². The number of amides is 1. The maximum Gasteiger partial charge on any atom is 0.256 e. The lowest BCUT2D eigenvalue weighted by Gasteiger charge is -2.12. The number of anilines is 1. The van der Waals surface area contributed by atoms with Crippen molar-refractivity contribution in [1.82, 2.24) is 14.8 Å². The van der Waals surface area contributed by atoms with Crippen LogP contribution in [0.5, 0.6) is 0 Å². The molecule has 1 amide bonds. The van der Waals surface area contributed by atoms with Crippen LogP contribution in [0.2, 0.25) is 0 Å². The molecule has 0 radical (unpaired) electrons. The first-order valence-electron chi connectivity index (χ1n) is 10.3. The molecule has 0 saturated carbocycles. The van der Waals surface area contributed by atoms with E-state index in [4.69, 9.17) is 9.40 Å². The third-order valence-electron chi connectivity index (χ3n) is 5.80. The lowest BCUT2D eigenvalue weighted by atomic mass is 10.1. The second-order valence-electron chi connectivity index (χ2n) is 8.09. The number of aryl methyl sites for hydroxylation is 2. The van der Waals surface area contributed by atoms with Gasteiger partial charge in [-0.15, -0.1) is 0 Å². The molecule has 1 saturated heterocycles. The fourth-order valence-corrected chi connectivity index (χ4v) is 5.86. The van der Waals surface area contributed by atoms with Crippen LogP contribution in [0, 0.1) is 13.8 Å². The third kappa shape index (κ3) is 3.58. The molecular weight excluding hydrogens is 428 g/mol. The molecule has 4 heterocycles. The highest BCUT2D eigenvalue weighted by Gasteiger charge is 2.32. The molecule has 164 valence electrons. The van der Waals surface area contributed by atoms with Gasteiger partial charge in [-0.05, 0) is 50.1 Å². The van der Waals surface area contributed by atoms with Crippen molar-refractivity contribution in [3.8, 4) is 11.5 Å². The Labute approximate surface area is 185 Å². The summed E-state index contributed by atoms with van der Waals surface area (Å²) < 4.78 is 31.3. The van der Waals surface area contributed by atoms with E-state index in [2.05, 4.69) is 10.4 Å². The summed E-state index contributed by atoms with van der Waals surface area (Å²) in [4.78, 5) is 18.1. The Hall–Kier alpha value is -3.46. The predicted octanol–water partition coefficient (Wildman–Crippen LogP) is 3.92. The van der Waals surface area contributed by atoms with Crippen LogP contribution >= 0.6 is 0 Å². The second kappa shape index (κ2) is 7.59. The maximum absolute atomic E-state index is 13.4. The maximum atomic E-state index is 13.4. The number of sulfone groups is 1. The minimum Gasteiger partial charge on any atom is -0.463 e. The molecule has 0 aliphatic carbocycles. The van der Waals surface area contributed by atoms with Crippen molar-refractivity contribution in [2.24, 2.45) is 0 Å². The third-order valence-corrected chi connectivity index (χ3v) is 7.55. The summed E-state index contributed by atoms with van der Waals surface area (Å²) >= 11 is 0. The van der Waals surface area contributed by atoms with Gasteiger partial charge < -0.3 is 9.73 Å². The minimum absolute atomic E-state index is 0.0145. The molecule has 4 aromatic rings. The number of nitrogens with zero attached hydrogens (tertiary/aromatic N) is 3. The number of fused-ring (bicyclic) bond motifs is 1. The monoisotopic (exact) mass is 450 g/mol. The zero-order valence-electron chi connectivity index (χ0n) is 17.7. The molecule has 1 aromatic carbocycles. The number of para-hydroxylation sites is 1. The van der Waals surface area contributed by atoms with E-state index in [1.165, 1.54) is 0 Å². The van der Waals surface area contributed by atoms with Crippen LogP contribution in [-0.4, -0.2) is 40.6 Å². The molecule has 1 aliphatic rings. The van der Waals surface area contributed by atoms with Gasteiger partial charge in [0, 0.05) is 5.69 Å². The minimum atomic E-state index is -3.11. The molecule has 5 rings (SSSR count). The van der Waals surface area contributed by atoms with Gasteiger partial charge in [0.2, 0.25) is 0 Å². The molecule has 32 heavy (non-hydrogen) atoms. The highest BCUT2D eigenvalue weighted by atomic mass is 32.2. The van der Waals surface area contributed by atoms with Crippen LogP contribution in [0.15, 0.2) is 53.1 Å². The molecule has 1 unspecified atom stereocenters. The number of benzene rings is 1. The van der Waals surface area contributed by atoms with Gasteiger partial charge >= 0.3 is 0 Å². The number of carbonyl (C=O) groups excluding carboxylic acids is 1. The number of hydrogen-bond donors (Lipinski definition) is 1. The first-order valence-corrected chi connectivity index (χ1v) is 12.2. The van der Waals surface area contributed by atoms with Crippen LogP contribution in [0.3, 0.4) is 0 Å². The summed E-state index contributed by atoms with van der Waals surface area (Å²) in [5.41, 5.74) is 3.66. The van der Waals surface area contributed by atoms with Crippen molar-refractivity contribution in [2.45, 2.75) is 26.3 Å². The molecule has 1 aliphatic heterocycles. The van der Waals surface area contributed by atoms with Crippen LogP contribution in [0.4, 0.5) is 5.69 Å². The highest BCUT2D eigenvalue weighted by Crippen LogP contribution is 2.32. The van der Waals surface area contributed by atoms with Crippen LogP contribution in [0.1, 0.15) is 34.1 Å². The van der Waals surface area contributed by atoms with Gasteiger partial charge in [-0.3, -0.25) is 4.79 Å². The number of rotatable bonds is 4. The van der Waals surface area contributed by atoms with Gasteiger partial charge in [0.15, 0.2) is 21.2 Å². The molecule has 9 heteroatoms. The van der Waals surface area contributed by atoms with Gasteiger partial charge in [0.1, 0.15) is 5.69 Å². The number of carbonyl (C=O) groups is 1. The Balaban J connectivity index is 1.68.